The third kappa shape index (κ3) is 4.07. The Labute approximate surface area is 147 Å². The van der Waals surface area contributed by atoms with Crippen molar-refractivity contribution in [3.63, 3.8) is 0 Å². The lowest BCUT2D eigenvalue weighted by molar-refractivity contribution is -0.127. The Balaban J connectivity index is 1.78. The number of nitrogens with one attached hydrogen (secondary N) is 1. The maximum atomic E-state index is 12.9. The van der Waals surface area contributed by atoms with Gasteiger partial charge in [0.25, 0.3) is 5.91 Å². The van der Waals surface area contributed by atoms with Gasteiger partial charge in [-0.15, -0.1) is 0 Å². The SMILES string of the molecule is CC(C)Cc1cc(C(=O)N2CCNC(=O)[C@@H]2Cc2ccccc2)on1. The second-order valence-electron chi connectivity index (χ2n) is 6.78. The molecule has 0 saturated carbocycles. The molecule has 0 radical (unpaired) electrons. The molecule has 6 heteroatoms. The van der Waals surface area contributed by atoms with Gasteiger partial charge in [-0.2, -0.15) is 0 Å². The molecule has 1 aromatic heterocycles. The molecule has 1 N–H and O–H groups in total. The van der Waals surface area contributed by atoms with E-state index in [1.807, 2.05) is 30.3 Å². The van der Waals surface area contributed by atoms with Crippen molar-refractivity contribution in [3.05, 3.63) is 53.4 Å². The number of rotatable bonds is 5. The Morgan fingerprint density at radius 3 is 2.84 bits per heavy atom. The van der Waals surface area contributed by atoms with E-state index in [1.165, 1.54) is 0 Å². The summed E-state index contributed by atoms with van der Waals surface area (Å²) in [5.74, 6) is 0.215. The summed E-state index contributed by atoms with van der Waals surface area (Å²) in [7, 11) is 0. The van der Waals surface area contributed by atoms with Crippen LogP contribution in [0.15, 0.2) is 40.9 Å². The van der Waals surface area contributed by atoms with Gasteiger partial charge in [0, 0.05) is 25.6 Å². The van der Waals surface area contributed by atoms with E-state index in [-0.39, 0.29) is 17.6 Å². The molecule has 1 saturated heterocycles. The highest BCUT2D eigenvalue weighted by Gasteiger charge is 2.35. The molecule has 25 heavy (non-hydrogen) atoms. The molecular formula is C19H23N3O3. The average Bonchev–Trinajstić information content (AvgIpc) is 3.05. The number of benzene rings is 1. The Morgan fingerprint density at radius 2 is 2.12 bits per heavy atom. The topological polar surface area (TPSA) is 75.4 Å². The minimum atomic E-state index is -0.540. The molecule has 2 amide bonds. The van der Waals surface area contributed by atoms with Crippen LogP contribution >= 0.6 is 0 Å². The number of carbonyl (C=O) groups is 2. The molecule has 2 heterocycles. The largest absolute Gasteiger partial charge is 0.353 e. The molecule has 0 aliphatic carbocycles. The summed E-state index contributed by atoms with van der Waals surface area (Å²) in [5.41, 5.74) is 1.78. The Bertz CT molecular complexity index is 739. The molecule has 0 spiro atoms. The summed E-state index contributed by atoms with van der Waals surface area (Å²) in [4.78, 5) is 26.8. The lowest BCUT2D eigenvalue weighted by atomic mass is 10.0. The smallest absolute Gasteiger partial charge is 0.293 e. The molecule has 1 atom stereocenters. The van der Waals surface area contributed by atoms with Gasteiger partial charge in [-0.3, -0.25) is 9.59 Å². The molecule has 6 nitrogen and oxygen atoms in total. The number of nitrogens with zero attached hydrogens (tertiary/aromatic N) is 2. The minimum Gasteiger partial charge on any atom is -0.353 e. The maximum Gasteiger partial charge on any atom is 0.293 e. The van der Waals surface area contributed by atoms with Gasteiger partial charge in [0.05, 0.1) is 5.69 Å². The quantitative estimate of drug-likeness (QED) is 0.903. The monoisotopic (exact) mass is 341 g/mol. The zero-order valence-corrected chi connectivity index (χ0v) is 14.6. The summed E-state index contributed by atoms with van der Waals surface area (Å²) in [6.07, 6.45) is 1.23. The zero-order valence-electron chi connectivity index (χ0n) is 14.6. The average molecular weight is 341 g/mol. The maximum absolute atomic E-state index is 12.9. The first kappa shape index (κ1) is 17.2. The predicted molar refractivity (Wildman–Crippen MR) is 93.0 cm³/mol. The van der Waals surface area contributed by atoms with Gasteiger partial charge in [0.1, 0.15) is 6.04 Å². The fourth-order valence-corrected chi connectivity index (χ4v) is 3.07. The third-order valence-corrected chi connectivity index (χ3v) is 4.25. The van der Waals surface area contributed by atoms with Gasteiger partial charge in [0.15, 0.2) is 0 Å². The second-order valence-corrected chi connectivity index (χ2v) is 6.78. The van der Waals surface area contributed by atoms with E-state index >= 15 is 0 Å². The molecule has 0 bridgehead atoms. The van der Waals surface area contributed by atoms with E-state index < -0.39 is 6.04 Å². The lowest BCUT2D eigenvalue weighted by Gasteiger charge is -2.34. The predicted octanol–water partition coefficient (Wildman–Crippen LogP) is 2.06. The van der Waals surface area contributed by atoms with Crippen LogP contribution in [0.25, 0.3) is 0 Å². The number of hydrogen-bond acceptors (Lipinski definition) is 4. The highest BCUT2D eigenvalue weighted by molar-refractivity contribution is 5.96. The molecule has 132 valence electrons. The molecule has 3 rings (SSSR count). The van der Waals surface area contributed by atoms with Crippen molar-refractivity contribution in [2.75, 3.05) is 13.1 Å². The van der Waals surface area contributed by atoms with E-state index in [2.05, 4.69) is 24.3 Å². The summed E-state index contributed by atoms with van der Waals surface area (Å²) in [5, 5.41) is 6.82. The van der Waals surface area contributed by atoms with E-state index in [9.17, 15) is 9.59 Å². The van der Waals surface area contributed by atoms with Crippen LogP contribution in [0.3, 0.4) is 0 Å². The van der Waals surface area contributed by atoms with Crippen LogP contribution in [-0.4, -0.2) is 41.0 Å². The van der Waals surface area contributed by atoms with Crippen LogP contribution in [0.5, 0.6) is 0 Å². The van der Waals surface area contributed by atoms with Crippen LogP contribution < -0.4 is 5.32 Å². The number of hydrogen-bond donors (Lipinski definition) is 1. The Hall–Kier alpha value is -2.63. The number of amides is 2. The molecule has 0 unspecified atom stereocenters. The highest BCUT2D eigenvalue weighted by atomic mass is 16.5. The summed E-state index contributed by atoms with van der Waals surface area (Å²) >= 11 is 0. The van der Waals surface area contributed by atoms with Gasteiger partial charge < -0.3 is 14.7 Å². The number of piperazine rings is 1. The van der Waals surface area contributed by atoms with Gasteiger partial charge in [-0.1, -0.05) is 49.3 Å². The van der Waals surface area contributed by atoms with E-state index in [1.54, 1.807) is 11.0 Å². The van der Waals surface area contributed by atoms with E-state index in [0.29, 0.717) is 25.4 Å². The van der Waals surface area contributed by atoms with E-state index in [0.717, 1.165) is 17.7 Å². The van der Waals surface area contributed by atoms with Crippen LogP contribution in [0, 0.1) is 5.92 Å². The standard InChI is InChI=1S/C19H23N3O3/c1-13(2)10-15-12-17(25-21-15)19(24)22-9-8-20-18(23)16(22)11-14-6-4-3-5-7-14/h3-7,12-13,16H,8-11H2,1-2H3,(H,20,23)/t16-/m0/s1. The highest BCUT2D eigenvalue weighted by Crippen LogP contribution is 2.17. The fourth-order valence-electron chi connectivity index (χ4n) is 3.07. The van der Waals surface area contributed by atoms with Crippen molar-refractivity contribution in [2.45, 2.75) is 32.7 Å². The molecule has 1 aliphatic rings. The Morgan fingerprint density at radius 1 is 1.36 bits per heavy atom. The van der Waals surface area contributed by atoms with Crippen LogP contribution in [0.2, 0.25) is 0 Å². The van der Waals surface area contributed by atoms with Gasteiger partial charge in [-0.25, -0.2) is 0 Å². The van der Waals surface area contributed by atoms with E-state index in [4.69, 9.17) is 4.52 Å². The van der Waals surface area contributed by atoms with Crippen LogP contribution in [0.1, 0.15) is 35.7 Å². The van der Waals surface area contributed by atoms with Gasteiger partial charge >= 0.3 is 0 Å². The number of aromatic nitrogens is 1. The molecule has 1 aliphatic heterocycles. The summed E-state index contributed by atoms with van der Waals surface area (Å²) in [6.45, 7) is 5.08. The fraction of sp³-hybridized carbons (Fsp3) is 0.421. The Kier molecular flexibility index (Phi) is 5.16. The van der Waals surface area contributed by atoms with Crippen LogP contribution in [0.4, 0.5) is 0 Å². The first-order valence-electron chi connectivity index (χ1n) is 8.63. The van der Waals surface area contributed by atoms with Crippen molar-refractivity contribution in [1.29, 1.82) is 0 Å². The van der Waals surface area contributed by atoms with Crippen molar-refractivity contribution >= 4 is 11.8 Å². The summed E-state index contributed by atoms with van der Waals surface area (Å²) < 4.78 is 5.24. The molecule has 1 fully saturated rings. The zero-order chi connectivity index (χ0) is 17.8. The lowest BCUT2D eigenvalue weighted by Crippen LogP contribution is -2.58. The van der Waals surface area contributed by atoms with Crippen molar-refractivity contribution in [3.8, 4) is 0 Å². The molecule has 2 aromatic rings. The van der Waals surface area contributed by atoms with Crippen LogP contribution in [-0.2, 0) is 17.6 Å². The molecular weight excluding hydrogens is 318 g/mol. The minimum absolute atomic E-state index is 0.134. The first-order valence-corrected chi connectivity index (χ1v) is 8.63. The second kappa shape index (κ2) is 7.51. The number of carbonyl (C=O) groups excluding carboxylic acids is 2. The third-order valence-electron chi connectivity index (χ3n) is 4.25. The molecule has 1 aromatic carbocycles. The van der Waals surface area contributed by atoms with Crippen molar-refractivity contribution in [1.82, 2.24) is 15.4 Å². The summed E-state index contributed by atoms with van der Waals surface area (Å²) in [6, 6.07) is 10.8. The normalized spacial score (nSPS) is 17.6. The van der Waals surface area contributed by atoms with Crippen molar-refractivity contribution in [2.24, 2.45) is 5.92 Å². The van der Waals surface area contributed by atoms with Gasteiger partial charge in [-0.05, 0) is 17.9 Å². The van der Waals surface area contributed by atoms with Crippen molar-refractivity contribution < 1.29 is 14.1 Å². The van der Waals surface area contributed by atoms with Gasteiger partial charge in [0.2, 0.25) is 11.7 Å². The first-order chi connectivity index (χ1) is 12.0.